The molecule has 2 aromatic rings. The van der Waals surface area contributed by atoms with Gasteiger partial charge in [-0.3, -0.25) is 0 Å². The van der Waals surface area contributed by atoms with Crippen LogP contribution in [0.4, 0.5) is 0 Å². The van der Waals surface area contributed by atoms with Crippen LogP contribution in [-0.2, 0) is 5.41 Å². The predicted molar refractivity (Wildman–Crippen MR) is 64.6 cm³/mol. The Kier molecular flexibility index (Phi) is 1.95. The molecule has 0 saturated heterocycles. The van der Waals surface area contributed by atoms with Crippen molar-refractivity contribution in [2.75, 3.05) is 0 Å². The summed E-state index contributed by atoms with van der Waals surface area (Å²) in [7, 11) is 2.11. The molecule has 0 aliphatic carbocycles. The van der Waals surface area contributed by atoms with E-state index in [2.05, 4.69) is 63.7 Å². The van der Waals surface area contributed by atoms with Crippen LogP contribution in [0.25, 0.3) is 10.9 Å². The molecular weight excluding hydrogens is 169 g/mol. The topological polar surface area (TPSA) is 4.93 Å². The molecule has 0 fully saturated rings. The Morgan fingerprint density at radius 2 is 1.79 bits per heavy atom. The van der Waals surface area contributed by atoms with Crippen LogP contribution in [-0.4, -0.2) is 12.5 Å². The fourth-order valence-corrected chi connectivity index (χ4v) is 1.94. The normalized spacial score (nSPS) is 12.2. The number of nitrogens with zero attached hydrogens (tertiary/aromatic N) is 1. The lowest BCUT2D eigenvalue weighted by Crippen LogP contribution is -2.10. The van der Waals surface area contributed by atoms with Crippen LogP contribution in [0.15, 0.2) is 30.5 Å². The van der Waals surface area contributed by atoms with E-state index in [9.17, 15) is 0 Å². The summed E-state index contributed by atoms with van der Waals surface area (Å²) in [6, 6.07) is 8.58. The van der Waals surface area contributed by atoms with Crippen LogP contribution < -0.4 is 0 Å². The molecule has 0 aliphatic heterocycles. The van der Waals surface area contributed by atoms with Crippen molar-refractivity contribution in [3.8, 4) is 0 Å². The number of aromatic nitrogens is 1. The molecule has 0 radical (unpaired) electrons. The van der Waals surface area contributed by atoms with Crippen LogP contribution in [0.1, 0.15) is 26.3 Å². The zero-order chi connectivity index (χ0) is 10.3. The molecule has 2 rings (SSSR count). The van der Waals surface area contributed by atoms with Crippen molar-refractivity contribution in [1.29, 1.82) is 0 Å². The summed E-state index contributed by atoms with van der Waals surface area (Å²) in [4.78, 5) is 0. The third-order valence-electron chi connectivity index (χ3n) is 2.70. The minimum absolute atomic E-state index is 0.223. The van der Waals surface area contributed by atoms with Crippen molar-refractivity contribution >= 4 is 18.9 Å². The fourth-order valence-electron chi connectivity index (χ4n) is 1.94. The zero-order valence-corrected chi connectivity index (χ0v) is 9.33. The summed E-state index contributed by atoms with van der Waals surface area (Å²) in [5.41, 5.74) is 2.97. The molecule has 0 N–H and O–H groups in total. The standard InChI is InChI=1S/C12H16BN/c1-12(2,3)10-8-14(13)11-7-5-4-6-9(10)11/h4-8H,13H2,1-3H3. The van der Waals surface area contributed by atoms with Gasteiger partial charge in [0, 0.05) is 10.9 Å². The molecule has 0 saturated carbocycles. The van der Waals surface area contributed by atoms with E-state index in [-0.39, 0.29) is 5.41 Å². The van der Waals surface area contributed by atoms with E-state index < -0.39 is 0 Å². The van der Waals surface area contributed by atoms with Gasteiger partial charge in [0.2, 0.25) is 7.98 Å². The van der Waals surface area contributed by atoms with Gasteiger partial charge in [0.15, 0.2) is 0 Å². The van der Waals surface area contributed by atoms with Crippen LogP contribution in [0, 0.1) is 0 Å². The summed E-state index contributed by atoms with van der Waals surface area (Å²) in [6.45, 7) is 6.78. The van der Waals surface area contributed by atoms with E-state index in [0.717, 1.165) is 0 Å². The molecule has 72 valence electrons. The molecule has 1 aromatic heterocycles. The minimum Gasteiger partial charge on any atom is -0.399 e. The molecule has 0 spiro atoms. The Bertz CT molecular complexity index is 463. The third kappa shape index (κ3) is 1.35. The van der Waals surface area contributed by atoms with Crippen LogP contribution >= 0.6 is 0 Å². The van der Waals surface area contributed by atoms with Gasteiger partial charge in [0.1, 0.15) is 0 Å². The van der Waals surface area contributed by atoms with Gasteiger partial charge in [-0.25, -0.2) is 0 Å². The van der Waals surface area contributed by atoms with E-state index in [1.807, 2.05) is 0 Å². The van der Waals surface area contributed by atoms with E-state index in [0.29, 0.717) is 0 Å². The SMILES string of the molecule is Bn1cc(C(C)(C)C)c2ccccc21. The smallest absolute Gasteiger partial charge is 0.223 e. The Hall–Kier alpha value is -1.18. The molecule has 1 heterocycles. The maximum Gasteiger partial charge on any atom is 0.223 e. The Morgan fingerprint density at radius 1 is 1.14 bits per heavy atom. The van der Waals surface area contributed by atoms with Crippen molar-refractivity contribution in [1.82, 2.24) is 4.48 Å². The van der Waals surface area contributed by atoms with Gasteiger partial charge in [-0.05, 0) is 23.2 Å². The average Bonchev–Trinajstić information content (AvgIpc) is 2.44. The Morgan fingerprint density at radius 3 is 2.43 bits per heavy atom. The second kappa shape index (κ2) is 2.91. The molecule has 0 bridgehead atoms. The first kappa shape index (κ1) is 9.38. The van der Waals surface area contributed by atoms with E-state index in [4.69, 9.17) is 0 Å². The second-order valence-electron chi connectivity index (χ2n) is 4.92. The molecule has 0 atom stereocenters. The van der Waals surface area contributed by atoms with Crippen molar-refractivity contribution in [2.24, 2.45) is 0 Å². The van der Waals surface area contributed by atoms with Gasteiger partial charge in [-0.1, -0.05) is 39.0 Å². The molecule has 1 aromatic carbocycles. The molecular formula is C12H16BN. The van der Waals surface area contributed by atoms with Gasteiger partial charge in [-0.15, -0.1) is 0 Å². The van der Waals surface area contributed by atoms with Crippen molar-refractivity contribution in [2.45, 2.75) is 26.2 Å². The summed E-state index contributed by atoms with van der Waals surface area (Å²) < 4.78 is 2.20. The third-order valence-corrected chi connectivity index (χ3v) is 2.70. The lowest BCUT2D eigenvalue weighted by atomic mass is 9.87. The van der Waals surface area contributed by atoms with E-state index >= 15 is 0 Å². The number of rotatable bonds is 0. The van der Waals surface area contributed by atoms with Crippen LogP contribution in [0.2, 0.25) is 0 Å². The maximum absolute atomic E-state index is 2.26. The lowest BCUT2D eigenvalue weighted by molar-refractivity contribution is 0.595. The van der Waals surface area contributed by atoms with Gasteiger partial charge >= 0.3 is 0 Å². The highest BCUT2D eigenvalue weighted by atomic mass is 14.8. The highest BCUT2D eigenvalue weighted by Gasteiger charge is 2.18. The zero-order valence-electron chi connectivity index (χ0n) is 9.33. The number of benzene rings is 1. The largest absolute Gasteiger partial charge is 0.399 e. The van der Waals surface area contributed by atoms with Gasteiger partial charge in [0.05, 0.1) is 0 Å². The number of hydrogen-bond acceptors (Lipinski definition) is 0. The van der Waals surface area contributed by atoms with Crippen molar-refractivity contribution in [3.63, 3.8) is 0 Å². The maximum atomic E-state index is 2.26. The second-order valence-corrected chi connectivity index (χ2v) is 4.92. The Labute approximate surface area is 86.2 Å². The lowest BCUT2D eigenvalue weighted by Gasteiger charge is -2.17. The highest BCUT2D eigenvalue weighted by molar-refractivity contribution is 6.12. The van der Waals surface area contributed by atoms with Gasteiger partial charge < -0.3 is 4.48 Å². The molecule has 0 aliphatic rings. The van der Waals surface area contributed by atoms with Crippen molar-refractivity contribution in [3.05, 3.63) is 36.0 Å². The van der Waals surface area contributed by atoms with Gasteiger partial charge in [0.25, 0.3) is 0 Å². The number of hydrogen-bond donors (Lipinski definition) is 0. The minimum atomic E-state index is 0.223. The van der Waals surface area contributed by atoms with E-state index in [1.54, 1.807) is 0 Å². The first-order valence-corrected chi connectivity index (χ1v) is 5.05. The monoisotopic (exact) mass is 185 g/mol. The first-order chi connectivity index (χ1) is 6.50. The summed E-state index contributed by atoms with van der Waals surface area (Å²) in [6.07, 6.45) is 2.24. The Balaban J connectivity index is 2.80. The molecule has 2 heteroatoms. The van der Waals surface area contributed by atoms with Gasteiger partial charge in [-0.2, -0.15) is 0 Å². The fraction of sp³-hybridized carbons (Fsp3) is 0.333. The van der Waals surface area contributed by atoms with Crippen LogP contribution in [0.5, 0.6) is 0 Å². The molecule has 14 heavy (non-hydrogen) atoms. The molecule has 0 amide bonds. The molecule has 0 unspecified atom stereocenters. The predicted octanol–water partition coefficient (Wildman–Crippen LogP) is 2.33. The summed E-state index contributed by atoms with van der Waals surface area (Å²) >= 11 is 0. The average molecular weight is 185 g/mol. The molecule has 1 nitrogen and oxygen atoms in total. The quantitative estimate of drug-likeness (QED) is 0.555. The van der Waals surface area contributed by atoms with Crippen LogP contribution in [0.3, 0.4) is 0 Å². The number of fused-ring (bicyclic) bond motifs is 1. The first-order valence-electron chi connectivity index (χ1n) is 5.05. The van der Waals surface area contributed by atoms with E-state index in [1.165, 1.54) is 16.5 Å². The number of para-hydroxylation sites is 1. The summed E-state index contributed by atoms with van der Waals surface area (Å²) in [5, 5.41) is 1.38. The summed E-state index contributed by atoms with van der Waals surface area (Å²) in [5.74, 6) is 0. The van der Waals surface area contributed by atoms with Crippen molar-refractivity contribution < 1.29 is 0 Å². The highest BCUT2D eigenvalue weighted by Crippen LogP contribution is 2.30.